The lowest BCUT2D eigenvalue weighted by Gasteiger charge is -2.28. The van der Waals surface area contributed by atoms with Crippen molar-refractivity contribution in [2.24, 2.45) is 0 Å². The van der Waals surface area contributed by atoms with Crippen LogP contribution in [0.1, 0.15) is 0 Å². The number of furan rings is 1. The summed E-state index contributed by atoms with van der Waals surface area (Å²) in [6.45, 7) is 0. The largest absolute Gasteiger partial charge is 0.455 e. The molecule has 0 bridgehead atoms. The molecule has 0 N–H and O–H groups in total. The highest BCUT2D eigenvalue weighted by molar-refractivity contribution is 6.18. The molecule has 46 heavy (non-hydrogen) atoms. The van der Waals surface area contributed by atoms with Crippen LogP contribution in [0.4, 0.5) is 17.1 Å². The number of nitrogens with zero attached hydrogens (tertiary/aromatic N) is 1. The maximum atomic E-state index is 6.52. The Morgan fingerprint density at radius 2 is 0.848 bits per heavy atom. The van der Waals surface area contributed by atoms with Crippen LogP contribution < -0.4 is 4.90 Å². The summed E-state index contributed by atoms with van der Waals surface area (Å²) in [6.07, 6.45) is 0. The number of anilines is 3. The predicted molar refractivity (Wildman–Crippen MR) is 196 cm³/mol. The number of hydrogen-bond donors (Lipinski definition) is 0. The number of hydrogen-bond acceptors (Lipinski definition) is 2. The van der Waals surface area contributed by atoms with Crippen LogP contribution >= 0.6 is 0 Å². The van der Waals surface area contributed by atoms with Gasteiger partial charge in [-0.1, -0.05) is 121 Å². The van der Waals surface area contributed by atoms with Crippen molar-refractivity contribution in [1.29, 1.82) is 0 Å². The molecule has 0 amide bonds. The van der Waals surface area contributed by atoms with Crippen molar-refractivity contribution in [1.82, 2.24) is 0 Å². The van der Waals surface area contributed by atoms with Gasteiger partial charge in [0.05, 0.1) is 5.69 Å². The fourth-order valence-corrected chi connectivity index (χ4v) is 7.42. The van der Waals surface area contributed by atoms with Crippen LogP contribution in [0, 0.1) is 0 Å². The van der Waals surface area contributed by atoms with Gasteiger partial charge < -0.3 is 9.32 Å². The first-order valence-corrected chi connectivity index (χ1v) is 15.8. The van der Waals surface area contributed by atoms with Crippen molar-refractivity contribution >= 4 is 92.9 Å². The van der Waals surface area contributed by atoms with Crippen LogP contribution in [-0.2, 0) is 0 Å². The molecule has 0 saturated heterocycles. The lowest BCUT2D eigenvalue weighted by molar-refractivity contribution is 0.672. The van der Waals surface area contributed by atoms with Crippen molar-refractivity contribution < 1.29 is 4.42 Å². The first kappa shape index (κ1) is 25.2. The van der Waals surface area contributed by atoms with Gasteiger partial charge in [-0.15, -0.1) is 0 Å². The van der Waals surface area contributed by atoms with Crippen LogP contribution in [0.2, 0.25) is 0 Å². The Morgan fingerprint density at radius 1 is 0.326 bits per heavy atom. The average molecular weight is 586 g/mol. The van der Waals surface area contributed by atoms with Gasteiger partial charge in [-0.2, -0.15) is 0 Å². The van der Waals surface area contributed by atoms with Crippen molar-refractivity contribution in [3.05, 3.63) is 164 Å². The van der Waals surface area contributed by atoms with Gasteiger partial charge >= 0.3 is 0 Å². The minimum Gasteiger partial charge on any atom is -0.455 e. The highest BCUT2D eigenvalue weighted by Gasteiger charge is 2.19. The van der Waals surface area contributed by atoms with E-state index in [4.69, 9.17) is 4.42 Å². The van der Waals surface area contributed by atoms with E-state index in [2.05, 4.69) is 163 Å². The van der Waals surface area contributed by atoms with Gasteiger partial charge in [-0.3, -0.25) is 0 Å². The fraction of sp³-hybridized carbons (Fsp3) is 0. The fourth-order valence-electron chi connectivity index (χ4n) is 7.42. The zero-order chi connectivity index (χ0) is 30.2. The third-order valence-electron chi connectivity index (χ3n) is 9.58. The Hall–Kier alpha value is -6.12. The van der Waals surface area contributed by atoms with E-state index in [1.165, 1.54) is 43.1 Å². The number of fused-ring (bicyclic) bond motifs is 11. The molecule has 10 rings (SSSR count). The van der Waals surface area contributed by atoms with E-state index in [1.54, 1.807) is 0 Å². The number of rotatable bonds is 3. The first-order valence-electron chi connectivity index (χ1n) is 15.8. The van der Waals surface area contributed by atoms with Gasteiger partial charge in [0.25, 0.3) is 0 Å². The Labute approximate surface area is 265 Å². The molecule has 2 heteroatoms. The summed E-state index contributed by atoms with van der Waals surface area (Å²) in [5.74, 6) is 0. The first-order chi connectivity index (χ1) is 22.8. The number of para-hydroxylation sites is 1. The Morgan fingerprint density at radius 3 is 1.72 bits per heavy atom. The molecule has 1 heterocycles. The molecule has 0 aliphatic carbocycles. The standard InChI is InChI=1S/C44H27NO/c1-3-11-34-28(9-1)17-18-31-25-32(22-24-36(31)34)45(42-26-30-10-2-4-12-35(30)37-13-5-6-14-38(37)42)33-21-19-29-20-23-40-39-15-7-8-16-43(39)46-44(40)41(29)27-33/h1-27H. The monoisotopic (exact) mass is 585 g/mol. The summed E-state index contributed by atoms with van der Waals surface area (Å²) in [6, 6.07) is 59.2. The van der Waals surface area contributed by atoms with Gasteiger partial charge in [0, 0.05) is 32.9 Å². The zero-order valence-electron chi connectivity index (χ0n) is 24.9. The minimum absolute atomic E-state index is 0.912. The van der Waals surface area contributed by atoms with Crippen LogP contribution in [-0.4, -0.2) is 0 Å². The van der Waals surface area contributed by atoms with Gasteiger partial charge in [0.1, 0.15) is 11.2 Å². The highest BCUT2D eigenvalue weighted by atomic mass is 16.3. The molecule has 0 atom stereocenters. The topological polar surface area (TPSA) is 16.4 Å². The summed E-state index contributed by atoms with van der Waals surface area (Å²) < 4.78 is 6.52. The molecule has 0 aliphatic rings. The molecule has 0 unspecified atom stereocenters. The summed E-state index contributed by atoms with van der Waals surface area (Å²) in [4.78, 5) is 2.42. The maximum absolute atomic E-state index is 6.52. The zero-order valence-corrected chi connectivity index (χ0v) is 24.9. The molecule has 1 aromatic heterocycles. The molecule has 9 aromatic carbocycles. The van der Waals surface area contributed by atoms with E-state index in [-0.39, 0.29) is 0 Å². The summed E-state index contributed by atoms with van der Waals surface area (Å²) in [7, 11) is 0. The van der Waals surface area contributed by atoms with E-state index < -0.39 is 0 Å². The molecule has 10 aromatic rings. The van der Waals surface area contributed by atoms with Crippen molar-refractivity contribution in [3.63, 3.8) is 0 Å². The summed E-state index contributed by atoms with van der Waals surface area (Å²) in [5.41, 5.74) is 5.18. The second kappa shape index (κ2) is 9.69. The Bertz CT molecular complexity index is 2820. The molecular formula is C44H27NO. The lowest BCUT2D eigenvalue weighted by atomic mass is 9.97. The Kier molecular flexibility index (Phi) is 5.31. The summed E-state index contributed by atoms with van der Waals surface area (Å²) >= 11 is 0. The van der Waals surface area contributed by atoms with Crippen LogP contribution in [0.5, 0.6) is 0 Å². The predicted octanol–water partition coefficient (Wildman–Crippen LogP) is 12.8. The van der Waals surface area contributed by atoms with E-state index in [9.17, 15) is 0 Å². The third-order valence-corrected chi connectivity index (χ3v) is 9.58. The quantitative estimate of drug-likeness (QED) is 0.192. The van der Waals surface area contributed by atoms with Crippen LogP contribution in [0.15, 0.2) is 168 Å². The molecule has 0 spiro atoms. The van der Waals surface area contributed by atoms with Gasteiger partial charge in [0.15, 0.2) is 0 Å². The second-order valence-corrected chi connectivity index (χ2v) is 12.1. The average Bonchev–Trinajstić information content (AvgIpc) is 3.51. The molecule has 0 aliphatic heterocycles. The van der Waals surface area contributed by atoms with Crippen molar-refractivity contribution in [3.8, 4) is 0 Å². The summed E-state index contributed by atoms with van der Waals surface area (Å²) in [5, 5.41) is 14.5. The molecular weight excluding hydrogens is 558 g/mol. The van der Waals surface area contributed by atoms with E-state index in [1.807, 2.05) is 6.07 Å². The van der Waals surface area contributed by atoms with E-state index in [0.717, 1.165) is 49.8 Å². The van der Waals surface area contributed by atoms with Gasteiger partial charge in [-0.05, 0) is 85.6 Å². The SMILES string of the molecule is c1ccc2c(c1)ccc1cc(N(c3ccc4ccc5c6ccccc6oc5c4c3)c3cc4ccccc4c4ccccc34)ccc12. The molecule has 2 nitrogen and oxygen atoms in total. The maximum Gasteiger partial charge on any atom is 0.143 e. The number of benzene rings is 9. The smallest absolute Gasteiger partial charge is 0.143 e. The highest BCUT2D eigenvalue weighted by Crippen LogP contribution is 2.45. The molecule has 214 valence electrons. The van der Waals surface area contributed by atoms with E-state index >= 15 is 0 Å². The molecule has 0 radical (unpaired) electrons. The Balaban J connectivity index is 1.29. The van der Waals surface area contributed by atoms with Crippen LogP contribution in [0.3, 0.4) is 0 Å². The van der Waals surface area contributed by atoms with Crippen molar-refractivity contribution in [2.75, 3.05) is 4.90 Å². The minimum atomic E-state index is 0.912. The van der Waals surface area contributed by atoms with Gasteiger partial charge in [-0.25, -0.2) is 0 Å². The molecule has 0 fully saturated rings. The van der Waals surface area contributed by atoms with Gasteiger partial charge in [0.2, 0.25) is 0 Å². The second-order valence-electron chi connectivity index (χ2n) is 12.1. The van der Waals surface area contributed by atoms with Crippen LogP contribution in [0.25, 0.3) is 75.8 Å². The molecule has 0 saturated carbocycles. The lowest BCUT2D eigenvalue weighted by Crippen LogP contribution is -2.10. The third kappa shape index (κ3) is 3.71. The normalized spacial score (nSPS) is 11.9. The van der Waals surface area contributed by atoms with Crippen molar-refractivity contribution in [2.45, 2.75) is 0 Å². The van der Waals surface area contributed by atoms with E-state index in [0.29, 0.717) is 0 Å².